The number of carbonyl (C=O) groups excluding carboxylic acids is 2. The number of Topliss-reactive ketones (excluding diaryl/α,β-unsaturated/α-hetero) is 1. The van der Waals surface area contributed by atoms with Gasteiger partial charge in [0.05, 0.1) is 36.2 Å². The van der Waals surface area contributed by atoms with Crippen LogP contribution in [0.2, 0.25) is 0 Å². The first-order valence-corrected chi connectivity index (χ1v) is 11.2. The molecule has 33 heavy (non-hydrogen) atoms. The second kappa shape index (κ2) is 10.2. The van der Waals surface area contributed by atoms with Crippen molar-refractivity contribution >= 4 is 40.5 Å². The third kappa shape index (κ3) is 6.02. The molecule has 0 saturated heterocycles. The van der Waals surface area contributed by atoms with E-state index >= 15 is 0 Å². The summed E-state index contributed by atoms with van der Waals surface area (Å²) in [6.07, 6.45) is -4.66. The normalized spacial score (nSPS) is 11.2. The van der Waals surface area contributed by atoms with Crippen molar-refractivity contribution in [3.63, 3.8) is 0 Å². The summed E-state index contributed by atoms with van der Waals surface area (Å²) in [7, 11) is 2.82. The van der Waals surface area contributed by atoms with Crippen LogP contribution in [0.3, 0.4) is 0 Å². The fraction of sp³-hybridized carbons (Fsp3) is 0.238. The second-order valence-electron chi connectivity index (χ2n) is 6.54. The SMILES string of the molecule is COc1cc(NC(=O)CSc2nc(-c3cccs3)cc(C(F)(F)F)n2)c(C(C)=O)cc1OC. The van der Waals surface area contributed by atoms with Crippen molar-refractivity contribution in [2.24, 2.45) is 0 Å². The van der Waals surface area contributed by atoms with Gasteiger partial charge in [-0.3, -0.25) is 9.59 Å². The number of benzene rings is 1. The highest BCUT2D eigenvalue weighted by molar-refractivity contribution is 7.99. The number of nitrogens with zero attached hydrogens (tertiary/aromatic N) is 2. The number of methoxy groups -OCH3 is 2. The molecule has 0 aliphatic heterocycles. The van der Waals surface area contributed by atoms with Crippen LogP contribution in [0.4, 0.5) is 18.9 Å². The Kier molecular flexibility index (Phi) is 7.59. The molecule has 0 fully saturated rings. The fourth-order valence-corrected chi connectivity index (χ4v) is 4.12. The summed E-state index contributed by atoms with van der Waals surface area (Å²) in [6, 6.07) is 7.10. The van der Waals surface area contributed by atoms with Gasteiger partial charge in [-0.25, -0.2) is 9.97 Å². The average Bonchev–Trinajstić information content (AvgIpc) is 3.31. The van der Waals surface area contributed by atoms with Crippen LogP contribution in [-0.2, 0) is 11.0 Å². The Morgan fingerprint density at radius 2 is 1.82 bits per heavy atom. The standard InChI is InChI=1S/C21H18F3N3O4S2/c1-11(28)12-7-15(30-2)16(31-3)8-13(12)25-19(29)10-33-20-26-14(17-5-4-6-32-17)9-18(27-20)21(22,23)24/h4-9H,10H2,1-3H3,(H,25,29). The highest BCUT2D eigenvalue weighted by Crippen LogP contribution is 2.35. The van der Waals surface area contributed by atoms with E-state index in [4.69, 9.17) is 9.47 Å². The lowest BCUT2D eigenvalue weighted by Gasteiger charge is -2.14. The second-order valence-corrected chi connectivity index (χ2v) is 8.43. The highest BCUT2D eigenvalue weighted by Gasteiger charge is 2.34. The molecule has 2 aromatic heterocycles. The predicted molar refractivity (Wildman–Crippen MR) is 119 cm³/mol. The van der Waals surface area contributed by atoms with E-state index in [0.29, 0.717) is 16.4 Å². The molecule has 0 aliphatic rings. The number of alkyl halides is 3. The van der Waals surface area contributed by atoms with Gasteiger partial charge >= 0.3 is 6.18 Å². The number of carbonyl (C=O) groups is 2. The number of aromatic nitrogens is 2. The summed E-state index contributed by atoms with van der Waals surface area (Å²) in [5.74, 6) is -0.549. The number of halogens is 3. The molecule has 7 nitrogen and oxygen atoms in total. The minimum Gasteiger partial charge on any atom is -0.493 e. The number of hydrogen-bond donors (Lipinski definition) is 1. The van der Waals surface area contributed by atoms with Crippen LogP contribution in [0.1, 0.15) is 23.0 Å². The van der Waals surface area contributed by atoms with Crippen molar-refractivity contribution in [2.75, 3.05) is 25.3 Å². The zero-order chi connectivity index (χ0) is 24.2. The number of ketones is 1. The molecule has 0 radical (unpaired) electrons. The minimum atomic E-state index is -4.66. The molecule has 12 heteroatoms. The smallest absolute Gasteiger partial charge is 0.433 e. The average molecular weight is 498 g/mol. The van der Waals surface area contributed by atoms with Gasteiger partial charge in [0.2, 0.25) is 5.91 Å². The molecule has 2 heterocycles. The van der Waals surface area contributed by atoms with E-state index in [9.17, 15) is 22.8 Å². The first kappa shape index (κ1) is 24.5. The Morgan fingerprint density at radius 1 is 1.12 bits per heavy atom. The van der Waals surface area contributed by atoms with Gasteiger partial charge in [0.25, 0.3) is 0 Å². The Balaban J connectivity index is 1.81. The topological polar surface area (TPSA) is 90.4 Å². The van der Waals surface area contributed by atoms with Crippen molar-refractivity contribution in [3.8, 4) is 22.1 Å². The maximum Gasteiger partial charge on any atom is 0.433 e. The van der Waals surface area contributed by atoms with Crippen LogP contribution >= 0.6 is 23.1 Å². The van der Waals surface area contributed by atoms with Gasteiger partial charge in [0.1, 0.15) is 5.69 Å². The molecule has 0 bridgehead atoms. The van der Waals surface area contributed by atoms with Crippen molar-refractivity contribution in [1.29, 1.82) is 0 Å². The van der Waals surface area contributed by atoms with Crippen LogP contribution in [0.15, 0.2) is 40.9 Å². The molecule has 1 N–H and O–H groups in total. The number of thiophene rings is 1. The molecular weight excluding hydrogens is 479 g/mol. The summed E-state index contributed by atoms with van der Waals surface area (Å²) < 4.78 is 50.3. The predicted octanol–water partition coefficient (Wildman–Crippen LogP) is 5.17. The summed E-state index contributed by atoms with van der Waals surface area (Å²) in [5.41, 5.74) is -0.590. The number of nitrogens with one attached hydrogen (secondary N) is 1. The lowest BCUT2D eigenvalue weighted by atomic mass is 10.1. The van der Waals surface area contributed by atoms with E-state index in [-0.39, 0.29) is 33.6 Å². The molecule has 0 unspecified atom stereocenters. The Labute approximate surface area is 195 Å². The van der Waals surface area contributed by atoms with E-state index in [1.807, 2.05) is 0 Å². The Hall–Kier alpha value is -3.12. The molecule has 0 atom stereocenters. The van der Waals surface area contributed by atoms with Crippen LogP contribution in [0.25, 0.3) is 10.6 Å². The van der Waals surface area contributed by atoms with Crippen molar-refractivity contribution in [1.82, 2.24) is 9.97 Å². The van der Waals surface area contributed by atoms with Crippen molar-refractivity contribution < 1.29 is 32.2 Å². The number of amides is 1. The molecule has 1 amide bonds. The molecule has 0 saturated carbocycles. The van der Waals surface area contributed by atoms with E-state index in [0.717, 1.165) is 17.8 Å². The number of rotatable bonds is 8. The molecule has 0 aliphatic carbocycles. The quantitative estimate of drug-likeness (QED) is 0.261. The molecule has 3 rings (SSSR count). The van der Waals surface area contributed by atoms with E-state index in [1.165, 1.54) is 44.6 Å². The molecule has 3 aromatic rings. The van der Waals surface area contributed by atoms with Gasteiger partial charge in [-0.15, -0.1) is 11.3 Å². The number of ether oxygens (including phenoxy) is 2. The highest BCUT2D eigenvalue weighted by atomic mass is 32.2. The lowest BCUT2D eigenvalue weighted by molar-refractivity contribution is -0.141. The van der Waals surface area contributed by atoms with Gasteiger partial charge in [-0.05, 0) is 30.5 Å². The molecule has 1 aromatic carbocycles. The summed E-state index contributed by atoms with van der Waals surface area (Å²) >= 11 is 1.99. The van der Waals surface area contributed by atoms with E-state index < -0.39 is 17.8 Å². The maximum absolute atomic E-state index is 13.3. The third-order valence-electron chi connectivity index (χ3n) is 4.28. The van der Waals surface area contributed by atoms with Crippen molar-refractivity contribution in [2.45, 2.75) is 18.3 Å². The zero-order valence-corrected chi connectivity index (χ0v) is 19.3. The number of thioether (sulfide) groups is 1. The first-order valence-electron chi connectivity index (χ1n) is 9.32. The van der Waals surface area contributed by atoms with Crippen molar-refractivity contribution in [3.05, 3.63) is 47.0 Å². The van der Waals surface area contributed by atoms with Crippen LogP contribution in [-0.4, -0.2) is 41.6 Å². The monoisotopic (exact) mass is 497 g/mol. The summed E-state index contributed by atoms with van der Waals surface area (Å²) in [4.78, 5) is 32.8. The van der Waals surface area contributed by atoms with Gasteiger partial charge in [0.15, 0.2) is 22.4 Å². The Morgan fingerprint density at radius 3 is 2.39 bits per heavy atom. The minimum absolute atomic E-state index is 0.119. The third-order valence-corrected chi connectivity index (χ3v) is 6.02. The summed E-state index contributed by atoms with van der Waals surface area (Å²) in [6.45, 7) is 1.33. The Bertz CT molecular complexity index is 1170. The first-order chi connectivity index (χ1) is 15.6. The van der Waals surface area contributed by atoms with E-state index in [2.05, 4.69) is 15.3 Å². The van der Waals surface area contributed by atoms with Gasteiger partial charge < -0.3 is 14.8 Å². The van der Waals surface area contributed by atoms with Crippen LogP contribution in [0.5, 0.6) is 11.5 Å². The van der Waals surface area contributed by atoms with Gasteiger partial charge in [-0.1, -0.05) is 17.8 Å². The van der Waals surface area contributed by atoms with E-state index in [1.54, 1.807) is 17.5 Å². The number of hydrogen-bond acceptors (Lipinski definition) is 8. The van der Waals surface area contributed by atoms with Gasteiger partial charge in [-0.2, -0.15) is 13.2 Å². The zero-order valence-electron chi connectivity index (χ0n) is 17.6. The molecule has 174 valence electrons. The molecule has 0 spiro atoms. The largest absolute Gasteiger partial charge is 0.493 e. The maximum atomic E-state index is 13.3. The fourth-order valence-electron chi connectivity index (χ4n) is 2.78. The molecular formula is C21H18F3N3O4S2. The summed E-state index contributed by atoms with van der Waals surface area (Å²) in [5, 5.41) is 4.11. The van der Waals surface area contributed by atoms with Gasteiger partial charge in [0, 0.05) is 11.6 Å². The number of anilines is 1. The van der Waals surface area contributed by atoms with Crippen LogP contribution in [0, 0.1) is 0 Å². The lowest BCUT2D eigenvalue weighted by Crippen LogP contribution is -2.17. The van der Waals surface area contributed by atoms with Crippen LogP contribution < -0.4 is 14.8 Å².